The molecule has 0 aliphatic heterocycles. The Morgan fingerprint density at radius 2 is 2.20 bits per heavy atom. The van der Waals surface area contributed by atoms with E-state index in [9.17, 15) is 0 Å². The number of nitrogens with zero attached hydrogens (tertiary/aromatic N) is 3. The number of thiazole rings is 1. The zero-order valence-corrected chi connectivity index (χ0v) is 12.8. The van der Waals surface area contributed by atoms with Gasteiger partial charge in [-0.1, -0.05) is 0 Å². The highest BCUT2D eigenvalue weighted by Gasteiger charge is 2.11. The van der Waals surface area contributed by atoms with Gasteiger partial charge in [-0.2, -0.15) is 0 Å². The van der Waals surface area contributed by atoms with Crippen LogP contribution >= 0.6 is 11.3 Å². The Morgan fingerprint density at radius 3 is 2.90 bits per heavy atom. The molecule has 0 unspecified atom stereocenters. The lowest BCUT2D eigenvalue weighted by Gasteiger charge is -2.00. The molecule has 0 aromatic carbocycles. The molecule has 3 aromatic heterocycles. The van der Waals surface area contributed by atoms with E-state index >= 15 is 0 Å². The summed E-state index contributed by atoms with van der Waals surface area (Å²) in [6, 6.07) is 4.12. The van der Waals surface area contributed by atoms with E-state index < -0.39 is 0 Å². The number of aryl methyl sites for hydroxylation is 2. The summed E-state index contributed by atoms with van der Waals surface area (Å²) in [7, 11) is 1.97. The quantitative estimate of drug-likeness (QED) is 0.802. The summed E-state index contributed by atoms with van der Waals surface area (Å²) in [5.41, 5.74) is 3.44. The second kappa shape index (κ2) is 5.34. The molecule has 3 rings (SSSR count). The molecule has 104 valence electrons. The van der Waals surface area contributed by atoms with Crippen molar-refractivity contribution in [3.05, 3.63) is 45.7 Å². The first-order valence-electron chi connectivity index (χ1n) is 6.69. The lowest BCUT2D eigenvalue weighted by Crippen LogP contribution is -2.04. The predicted molar refractivity (Wildman–Crippen MR) is 83.2 cm³/mol. The topological polar surface area (TPSA) is 42.7 Å². The molecule has 0 saturated carbocycles. The van der Waals surface area contributed by atoms with E-state index in [1.54, 1.807) is 11.3 Å². The second-order valence-corrected chi connectivity index (χ2v) is 6.22. The third kappa shape index (κ3) is 2.34. The molecule has 4 nitrogen and oxygen atoms in total. The van der Waals surface area contributed by atoms with Gasteiger partial charge in [0.25, 0.3) is 0 Å². The largest absolute Gasteiger partial charge is 0.325 e. The van der Waals surface area contributed by atoms with E-state index in [1.165, 1.54) is 15.8 Å². The summed E-state index contributed by atoms with van der Waals surface area (Å²) >= 11 is 1.77. The Labute approximate surface area is 122 Å². The maximum absolute atomic E-state index is 4.62. The first-order chi connectivity index (χ1) is 9.69. The van der Waals surface area contributed by atoms with E-state index in [0.717, 1.165) is 29.4 Å². The highest BCUT2D eigenvalue weighted by Crippen LogP contribution is 2.23. The van der Waals surface area contributed by atoms with E-state index in [1.807, 2.05) is 19.3 Å². The van der Waals surface area contributed by atoms with E-state index in [0.29, 0.717) is 0 Å². The van der Waals surface area contributed by atoms with Crippen LogP contribution in [0.25, 0.3) is 11.0 Å². The molecule has 0 saturated heterocycles. The van der Waals surface area contributed by atoms with Gasteiger partial charge >= 0.3 is 0 Å². The van der Waals surface area contributed by atoms with Gasteiger partial charge in [-0.05, 0) is 38.6 Å². The zero-order valence-electron chi connectivity index (χ0n) is 12.0. The third-order valence-corrected chi connectivity index (χ3v) is 4.52. The summed E-state index contributed by atoms with van der Waals surface area (Å²) in [5.74, 6) is 0. The molecule has 20 heavy (non-hydrogen) atoms. The van der Waals surface area contributed by atoms with Gasteiger partial charge in [-0.3, -0.25) is 0 Å². The molecule has 0 amide bonds. The Hall–Kier alpha value is -1.72. The van der Waals surface area contributed by atoms with Crippen molar-refractivity contribution in [2.24, 2.45) is 0 Å². The van der Waals surface area contributed by atoms with Crippen LogP contribution in [0.2, 0.25) is 0 Å². The zero-order chi connectivity index (χ0) is 14.1. The van der Waals surface area contributed by atoms with Gasteiger partial charge in [0.15, 0.2) is 0 Å². The van der Waals surface area contributed by atoms with Gasteiger partial charge in [-0.15, -0.1) is 11.3 Å². The van der Waals surface area contributed by atoms with E-state index in [4.69, 9.17) is 0 Å². The van der Waals surface area contributed by atoms with Crippen molar-refractivity contribution in [2.75, 3.05) is 7.05 Å². The third-order valence-electron chi connectivity index (χ3n) is 3.46. The normalized spacial score (nSPS) is 11.3. The maximum Gasteiger partial charge on any atom is 0.140 e. The standard InChI is InChI=1S/C15H18N4S/c1-10-11(2)20-14(18-10)9-19-8-12(7-16-3)13-5-4-6-17-15(13)19/h4-6,8,16H,7,9H2,1-3H3. The van der Waals surface area contributed by atoms with Crippen molar-refractivity contribution in [1.82, 2.24) is 19.9 Å². The lowest BCUT2D eigenvalue weighted by atomic mass is 10.2. The number of hydrogen-bond acceptors (Lipinski definition) is 4. The van der Waals surface area contributed by atoms with Crippen molar-refractivity contribution in [3.8, 4) is 0 Å². The molecule has 0 aliphatic rings. The van der Waals surface area contributed by atoms with Gasteiger partial charge < -0.3 is 9.88 Å². The van der Waals surface area contributed by atoms with Crippen LogP contribution in [0.5, 0.6) is 0 Å². The summed E-state index contributed by atoms with van der Waals surface area (Å²) in [6.07, 6.45) is 4.03. The van der Waals surface area contributed by atoms with Crippen molar-refractivity contribution in [1.29, 1.82) is 0 Å². The Kier molecular flexibility index (Phi) is 3.54. The Bertz CT molecular complexity index is 722. The van der Waals surface area contributed by atoms with Crippen LogP contribution in [0.3, 0.4) is 0 Å². The minimum atomic E-state index is 0.788. The first kappa shape index (κ1) is 13.3. The number of rotatable bonds is 4. The molecule has 5 heteroatoms. The lowest BCUT2D eigenvalue weighted by molar-refractivity contribution is 0.786. The second-order valence-electron chi connectivity index (χ2n) is 4.94. The monoisotopic (exact) mass is 286 g/mol. The van der Waals surface area contributed by atoms with Crippen LogP contribution in [0.15, 0.2) is 24.5 Å². The summed E-state index contributed by atoms with van der Waals surface area (Å²) in [6.45, 7) is 5.82. The highest BCUT2D eigenvalue weighted by molar-refractivity contribution is 7.11. The molecule has 0 atom stereocenters. The van der Waals surface area contributed by atoms with E-state index in [-0.39, 0.29) is 0 Å². The minimum absolute atomic E-state index is 0.788. The molecule has 0 spiro atoms. The van der Waals surface area contributed by atoms with Gasteiger partial charge in [0.2, 0.25) is 0 Å². The first-order valence-corrected chi connectivity index (χ1v) is 7.51. The van der Waals surface area contributed by atoms with Crippen LogP contribution in [0, 0.1) is 13.8 Å². The summed E-state index contributed by atoms with van der Waals surface area (Å²) in [4.78, 5) is 10.4. The van der Waals surface area contributed by atoms with Crippen LogP contribution in [-0.2, 0) is 13.1 Å². The molecule has 0 aliphatic carbocycles. The van der Waals surface area contributed by atoms with Crippen molar-refractivity contribution < 1.29 is 0 Å². The van der Waals surface area contributed by atoms with Gasteiger partial charge in [-0.25, -0.2) is 9.97 Å². The molecular formula is C15H18N4S. The van der Waals surface area contributed by atoms with Crippen molar-refractivity contribution >= 4 is 22.4 Å². The Balaban J connectivity index is 2.02. The van der Waals surface area contributed by atoms with Crippen LogP contribution in [-0.4, -0.2) is 21.6 Å². The van der Waals surface area contributed by atoms with Gasteiger partial charge in [0.05, 0.1) is 12.2 Å². The molecule has 0 fully saturated rings. The molecule has 0 bridgehead atoms. The van der Waals surface area contributed by atoms with Gasteiger partial charge in [0, 0.05) is 29.2 Å². The molecule has 3 heterocycles. The van der Waals surface area contributed by atoms with E-state index in [2.05, 4.69) is 46.0 Å². The molecule has 3 aromatic rings. The Morgan fingerprint density at radius 1 is 1.35 bits per heavy atom. The average molecular weight is 286 g/mol. The fraction of sp³-hybridized carbons (Fsp3) is 0.333. The minimum Gasteiger partial charge on any atom is -0.325 e. The predicted octanol–water partition coefficient (Wildman–Crippen LogP) is 2.88. The maximum atomic E-state index is 4.62. The van der Waals surface area contributed by atoms with Crippen molar-refractivity contribution in [3.63, 3.8) is 0 Å². The van der Waals surface area contributed by atoms with Crippen LogP contribution in [0.4, 0.5) is 0 Å². The molecule has 0 radical (unpaired) electrons. The highest BCUT2D eigenvalue weighted by atomic mass is 32.1. The SMILES string of the molecule is CNCc1cn(Cc2nc(C)c(C)s2)c2ncccc12. The number of nitrogens with one attached hydrogen (secondary N) is 1. The smallest absolute Gasteiger partial charge is 0.140 e. The molecule has 1 N–H and O–H groups in total. The van der Waals surface area contributed by atoms with Crippen LogP contribution in [0.1, 0.15) is 21.1 Å². The van der Waals surface area contributed by atoms with Gasteiger partial charge in [0.1, 0.15) is 10.7 Å². The number of hydrogen-bond donors (Lipinski definition) is 1. The fourth-order valence-corrected chi connectivity index (χ4v) is 3.33. The van der Waals surface area contributed by atoms with Crippen molar-refractivity contribution in [2.45, 2.75) is 26.9 Å². The number of fused-ring (bicyclic) bond motifs is 1. The molecular weight excluding hydrogens is 268 g/mol. The summed E-state index contributed by atoms with van der Waals surface area (Å²) < 4.78 is 2.19. The number of pyridine rings is 1. The fourth-order valence-electron chi connectivity index (χ4n) is 2.40. The number of aromatic nitrogens is 3. The average Bonchev–Trinajstić information content (AvgIpc) is 2.93. The summed E-state index contributed by atoms with van der Waals surface area (Å²) in [5, 5.41) is 5.56. The van der Waals surface area contributed by atoms with Crippen LogP contribution < -0.4 is 5.32 Å².